The smallest absolute Gasteiger partial charge is 0.272 e. The van der Waals surface area contributed by atoms with Gasteiger partial charge in [0.05, 0.1) is 11.7 Å². The SMILES string of the molecule is CCn1nccc1C(C)NC(=O)c1ccn(COc2ccc(C(C)(C)C)cc2)n1. The zero-order chi connectivity index (χ0) is 21.0. The molecule has 7 heteroatoms. The molecule has 1 N–H and O–H groups in total. The fourth-order valence-electron chi connectivity index (χ4n) is 3.07. The highest BCUT2D eigenvalue weighted by Gasteiger charge is 2.17. The summed E-state index contributed by atoms with van der Waals surface area (Å²) in [5, 5.41) is 11.5. The summed E-state index contributed by atoms with van der Waals surface area (Å²) in [7, 11) is 0. The van der Waals surface area contributed by atoms with Crippen LogP contribution in [-0.2, 0) is 18.7 Å². The quantitative estimate of drug-likeness (QED) is 0.658. The number of rotatable bonds is 7. The molecule has 1 aromatic carbocycles. The van der Waals surface area contributed by atoms with Crippen molar-refractivity contribution >= 4 is 5.91 Å². The van der Waals surface area contributed by atoms with Gasteiger partial charge in [-0.1, -0.05) is 32.9 Å². The lowest BCUT2D eigenvalue weighted by atomic mass is 9.87. The lowest BCUT2D eigenvalue weighted by Gasteiger charge is -2.19. The van der Waals surface area contributed by atoms with E-state index < -0.39 is 0 Å². The molecule has 1 unspecified atom stereocenters. The van der Waals surface area contributed by atoms with Crippen LogP contribution in [0.5, 0.6) is 5.75 Å². The largest absolute Gasteiger partial charge is 0.471 e. The molecule has 0 fully saturated rings. The molecule has 1 amide bonds. The maximum atomic E-state index is 12.5. The van der Waals surface area contributed by atoms with E-state index >= 15 is 0 Å². The average molecular weight is 396 g/mol. The van der Waals surface area contributed by atoms with Gasteiger partial charge in [0.15, 0.2) is 6.73 Å². The molecular formula is C22H29N5O2. The van der Waals surface area contributed by atoms with Crippen LogP contribution in [0.1, 0.15) is 62.4 Å². The predicted molar refractivity (Wildman–Crippen MR) is 112 cm³/mol. The summed E-state index contributed by atoms with van der Waals surface area (Å²) < 4.78 is 9.25. The number of benzene rings is 1. The molecule has 2 aromatic heterocycles. The number of carbonyl (C=O) groups excluding carboxylic acids is 1. The standard InChI is InChI=1S/C22H29N5O2/c1-6-27-20(11-13-23-27)16(2)24-21(28)19-12-14-26(25-19)15-29-18-9-7-17(8-10-18)22(3,4)5/h7-14,16H,6,15H2,1-5H3,(H,24,28). The number of carbonyl (C=O) groups is 1. The lowest BCUT2D eigenvalue weighted by Crippen LogP contribution is -2.28. The van der Waals surface area contributed by atoms with Crippen molar-refractivity contribution in [1.29, 1.82) is 0 Å². The Balaban J connectivity index is 1.57. The molecule has 2 heterocycles. The zero-order valence-corrected chi connectivity index (χ0v) is 17.7. The van der Waals surface area contributed by atoms with Crippen LogP contribution in [-0.4, -0.2) is 25.5 Å². The van der Waals surface area contributed by atoms with E-state index in [2.05, 4.69) is 48.4 Å². The summed E-state index contributed by atoms with van der Waals surface area (Å²) in [5.74, 6) is 0.538. The van der Waals surface area contributed by atoms with Crippen LogP contribution < -0.4 is 10.1 Å². The number of hydrogen-bond acceptors (Lipinski definition) is 4. The third kappa shape index (κ3) is 5.04. The van der Waals surface area contributed by atoms with Crippen molar-refractivity contribution in [3.05, 3.63) is 65.7 Å². The van der Waals surface area contributed by atoms with E-state index in [0.717, 1.165) is 18.0 Å². The van der Waals surface area contributed by atoms with Gasteiger partial charge >= 0.3 is 0 Å². The Morgan fingerprint density at radius 3 is 2.55 bits per heavy atom. The molecule has 154 valence electrons. The number of amides is 1. The highest BCUT2D eigenvalue weighted by molar-refractivity contribution is 5.92. The van der Waals surface area contributed by atoms with Gasteiger partial charge in [0.2, 0.25) is 0 Å². The number of nitrogens with one attached hydrogen (secondary N) is 1. The van der Waals surface area contributed by atoms with Crippen molar-refractivity contribution in [2.45, 2.75) is 59.4 Å². The molecule has 1 atom stereocenters. The third-order valence-corrected chi connectivity index (χ3v) is 4.80. The summed E-state index contributed by atoms with van der Waals surface area (Å²) in [6, 6.07) is 11.5. The Morgan fingerprint density at radius 2 is 1.90 bits per heavy atom. The van der Waals surface area contributed by atoms with Crippen LogP contribution in [0, 0.1) is 0 Å². The maximum Gasteiger partial charge on any atom is 0.272 e. The minimum atomic E-state index is -0.227. The molecule has 0 bridgehead atoms. The van der Waals surface area contributed by atoms with Crippen molar-refractivity contribution in [2.75, 3.05) is 0 Å². The summed E-state index contributed by atoms with van der Waals surface area (Å²) in [6.07, 6.45) is 3.47. The monoisotopic (exact) mass is 395 g/mol. The molecule has 0 saturated carbocycles. The fourth-order valence-corrected chi connectivity index (χ4v) is 3.07. The van der Waals surface area contributed by atoms with Crippen LogP contribution in [0.4, 0.5) is 0 Å². The van der Waals surface area contributed by atoms with Crippen LogP contribution in [0.3, 0.4) is 0 Å². The average Bonchev–Trinajstić information content (AvgIpc) is 3.35. The highest BCUT2D eigenvalue weighted by Crippen LogP contribution is 2.24. The summed E-state index contributed by atoms with van der Waals surface area (Å²) in [5.41, 5.74) is 2.67. The number of aromatic nitrogens is 4. The predicted octanol–water partition coefficient (Wildman–Crippen LogP) is 3.92. The molecular weight excluding hydrogens is 366 g/mol. The van der Waals surface area contributed by atoms with E-state index in [-0.39, 0.29) is 24.1 Å². The van der Waals surface area contributed by atoms with E-state index in [9.17, 15) is 4.79 Å². The Kier molecular flexibility index (Phi) is 6.06. The second-order valence-electron chi connectivity index (χ2n) is 8.06. The Labute approximate surface area is 171 Å². The Hall–Kier alpha value is -3.09. The van der Waals surface area contributed by atoms with Gasteiger partial charge in [-0.25, -0.2) is 4.68 Å². The van der Waals surface area contributed by atoms with E-state index in [1.165, 1.54) is 5.56 Å². The molecule has 29 heavy (non-hydrogen) atoms. The Morgan fingerprint density at radius 1 is 1.17 bits per heavy atom. The molecule has 0 aliphatic rings. The molecule has 0 aliphatic heterocycles. The van der Waals surface area contributed by atoms with Crippen LogP contribution in [0.15, 0.2) is 48.8 Å². The van der Waals surface area contributed by atoms with Crippen molar-refractivity contribution in [1.82, 2.24) is 24.9 Å². The van der Waals surface area contributed by atoms with Gasteiger partial charge in [0.25, 0.3) is 5.91 Å². The molecule has 0 radical (unpaired) electrons. The first-order valence-corrected chi connectivity index (χ1v) is 9.87. The van der Waals surface area contributed by atoms with Crippen LogP contribution in [0.2, 0.25) is 0 Å². The summed E-state index contributed by atoms with van der Waals surface area (Å²) in [4.78, 5) is 12.5. The van der Waals surface area contributed by atoms with E-state index in [0.29, 0.717) is 5.69 Å². The topological polar surface area (TPSA) is 74.0 Å². The van der Waals surface area contributed by atoms with Gasteiger partial charge in [0, 0.05) is 18.9 Å². The van der Waals surface area contributed by atoms with Crippen molar-refractivity contribution in [3.63, 3.8) is 0 Å². The number of ether oxygens (including phenoxy) is 1. The van der Waals surface area contributed by atoms with Crippen molar-refractivity contribution < 1.29 is 9.53 Å². The first kappa shape index (κ1) is 20.6. The van der Waals surface area contributed by atoms with Crippen LogP contribution in [0.25, 0.3) is 0 Å². The van der Waals surface area contributed by atoms with Gasteiger partial charge in [0.1, 0.15) is 11.4 Å². The van der Waals surface area contributed by atoms with Gasteiger partial charge < -0.3 is 10.1 Å². The minimum absolute atomic E-state index is 0.106. The van der Waals surface area contributed by atoms with Gasteiger partial charge in [-0.15, -0.1) is 0 Å². The minimum Gasteiger partial charge on any atom is -0.471 e. The lowest BCUT2D eigenvalue weighted by molar-refractivity contribution is 0.0931. The first-order valence-electron chi connectivity index (χ1n) is 9.87. The van der Waals surface area contributed by atoms with Crippen molar-refractivity contribution in [2.24, 2.45) is 0 Å². The fraction of sp³-hybridized carbons (Fsp3) is 0.409. The first-order chi connectivity index (χ1) is 13.8. The van der Waals surface area contributed by atoms with E-state index in [1.54, 1.807) is 23.1 Å². The Bertz CT molecular complexity index is 950. The zero-order valence-electron chi connectivity index (χ0n) is 17.7. The second-order valence-corrected chi connectivity index (χ2v) is 8.06. The van der Waals surface area contributed by atoms with E-state index in [1.807, 2.05) is 36.7 Å². The van der Waals surface area contributed by atoms with Gasteiger partial charge in [-0.2, -0.15) is 10.2 Å². The van der Waals surface area contributed by atoms with Crippen molar-refractivity contribution in [3.8, 4) is 5.75 Å². The molecule has 0 aliphatic carbocycles. The number of aryl methyl sites for hydroxylation is 1. The molecule has 0 spiro atoms. The summed E-state index contributed by atoms with van der Waals surface area (Å²) >= 11 is 0. The van der Waals surface area contributed by atoms with Gasteiger partial charge in [-0.05, 0) is 49.1 Å². The third-order valence-electron chi connectivity index (χ3n) is 4.80. The molecule has 3 aromatic rings. The van der Waals surface area contributed by atoms with Crippen LogP contribution >= 0.6 is 0 Å². The number of hydrogen-bond donors (Lipinski definition) is 1. The highest BCUT2D eigenvalue weighted by atomic mass is 16.5. The second kappa shape index (κ2) is 8.51. The molecule has 7 nitrogen and oxygen atoms in total. The maximum absolute atomic E-state index is 12.5. The summed E-state index contributed by atoms with van der Waals surface area (Å²) in [6.45, 7) is 11.5. The number of nitrogens with zero attached hydrogens (tertiary/aromatic N) is 4. The molecule has 0 saturated heterocycles. The van der Waals surface area contributed by atoms with E-state index in [4.69, 9.17) is 4.74 Å². The normalized spacial score (nSPS) is 12.6. The molecule has 3 rings (SSSR count). The van der Waals surface area contributed by atoms with Gasteiger partial charge in [-0.3, -0.25) is 9.48 Å².